The van der Waals surface area contributed by atoms with Gasteiger partial charge >= 0.3 is 0 Å². The molecule has 216 valence electrons. The highest BCUT2D eigenvalue weighted by Gasteiger charge is 2.72. The quantitative estimate of drug-likeness (QED) is 0.437. The first-order valence-corrected chi connectivity index (χ1v) is 14.8. The maximum Gasteiger partial charge on any atom is 0.246 e. The Labute approximate surface area is 248 Å². The Morgan fingerprint density at radius 2 is 1.88 bits per heavy atom. The Morgan fingerprint density at radius 3 is 2.63 bits per heavy atom. The maximum atomic E-state index is 14.2. The molecule has 2 aromatic rings. The number of carbonyl (C=O) groups excluding carboxylic acids is 3. The van der Waals surface area contributed by atoms with Crippen LogP contribution in [0.3, 0.4) is 0 Å². The summed E-state index contributed by atoms with van der Waals surface area (Å²) in [5, 5.41) is 6.36. The van der Waals surface area contributed by atoms with Gasteiger partial charge in [-0.25, -0.2) is 4.39 Å². The van der Waals surface area contributed by atoms with Gasteiger partial charge in [0.1, 0.15) is 17.5 Å². The summed E-state index contributed by atoms with van der Waals surface area (Å²) in [6, 6.07) is 10.1. The van der Waals surface area contributed by atoms with Crippen molar-refractivity contribution in [3.63, 3.8) is 0 Å². The molecule has 4 aliphatic rings. The highest BCUT2D eigenvalue weighted by Crippen LogP contribution is 2.55. The summed E-state index contributed by atoms with van der Waals surface area (Å²) < 4.78 is 20.1. The first-order chi connectivity index (χ1) is 19.6. The van der Waals surface area contributed by atoms with E-state index in [4.69, 9.17) is 27.9 Å². The van der Waals surface area contributed by atoms with Crippen molar-refractivity contribution < 1.29 is 23.5 Å². The molecule has 41 heavy (non-hydrogen) atoms. The summed E-state index contributed by atoms with van der Waals surface area (Å²) in [6.07, 6.45) is 5.85. The Balaban J connectivity index is 1.34. The Hall–Kier alpha value is -2.94. The van der Waals surface area contributed by atoms with E-state index < -0.39 is 41.3 Å². The second-order valence-corrected chi connectivity index (χ2v) is 12.6. The van der Waals surface area contributed by atoms with Gasteiger partial charge in [0.25, 0.3) is 0 Å². The molecule has 3 fully saturated rings. The number of anilines is 1. The molecule has 0 radical (unpaired) electrons. The third-order valence-electron chi connectivity index (χ3n) is 9.45. The summed E-state index contributed by atoms with van der Waals surface area (Å²) >= 11 is 12.4. The van der Waals surface area contributed by atoms with Gasteiger partial charge in [-0.3, -0.25) is 14.4 Å². The molecule has 1 saturated carbocycles. The fraction of sp³-hybridized carbons (Fsp3) is 0.452. The van der Waals surface area contributed by atoms with Crippen molar-refractivity contribution in [3.05, 3.63) is 76.0 Å². The molecule has 2 aromatic carbocycles. The van der Waals surface area contributed by atoms with Crippen molar-refractivity contribution in [2.24, 2.45) is 23.7 Å². The van der Waals surface area contributed by atoms with Crippen LogP contribution in [-0.4, -0.2) is 46.4 Å². The third kappa shape index (κ3) is 4.74. The second-order valence-electron chi connectivity index (χ2n) is 11.8. The molecule has 2 saturated heterocycles. The van der Waals surface area contributed by atoms with Crippen LogP contribution in [-0.2, 0) is 25.7 Å². The van der Waals surface area contributed by atoms with Crippen LogP contribution in [0.4, 0.5) is 10.1 Å². The lowest BCUT2D eigenvalue weighted by molar-refractivity contribution is -0.142. The molecule has 3 aliphatic heterocycles. The van der Waals surface area contributed by atoms with Gasteiger partial charge < -0.3 is 20.3 Å². The number of hydrogen-bond donors (Lipinski definition) is 2. The van der Waals surface area contributed by atoms with Crippen LogP contribution in [0, 0.1) is 29.5 Å². The summed E-state index contributed by atoms with van der Waals surface area (Å²) in [5.74, 6) is -2.77. The molecule has 0 unspecified atom stereocenters. The smallest absolute Gasteiger partial charge is 0.246 e. The number of likely N-dealkylation sites (tertiary alicyclic amines) is 1. The predicted octanol–water partition coefficient (Wildman–Crippen LogP) is 5.36. The highest BCUT2D eigenvalue weighted by atomic mass is 35.5. The minimum atomic E-state index is -1.31. The van der Waals surface area contributed by atoms with E-state index in [1.165, 1.54) is 17.0 Å². The van der Waals surface area contributed by atoms with Gasteiger partial charge in [0, 0.05) is 23.3 Å². The fourth-order valence-electron chi connectivity index (χ4n) is 7.09. The van der Waals surface area contributed by atoms with Gasteiger partial charge in [0.05, 0.1) is 23.0 Å². The molecule has 0 aromatic heterocycles. The van der Waals surface area contributed by atoms with Crippen molar-refractivity contribution in [2.45, 2.75) is 63.4 Å². The SMILES string of the molecule is C[C@H]1[C@H](C)CCC[C@@H]1NC(=O)[C@@H]1N(Cc2ccccc2Cl)C(=O)[C@H]2[C@@H](C(=O)Nc3ccc(F)c(Cl)c3)[C@H]3C=C[C@@]12O3. The van der Waals surface area contributed by atoms with Crippen LogP contribution in [0.5, 0.6) is 0 Å². The zero-order valence-electron chi connectivity index (χ0n) is 22.8. The highest BCUT2D eigenvalue weighted by molar-refractivity contribution is 6.31. The molecule has 6 rings (SSSR count). The summed E-state index contributed by atoms with van der Waals surface area (Å²) in [7, 11) is 0. The molecular weight excluding hydrogens is 568 g/mol. The summed E-state index contributed by atoms with van der Waals surface area (Å²) in [4.78, 5) is 43.5. The van der Waals surface area contributed by atoms with Gasteiger partial charge in [-0.2, -0.15) is 0 Å². The van der Waals surface area contributed by atoms with E-state index in [2.05, 4.69) is 24.5 Å². The van der Waals surface area contributed by atoms with E-state index in [-0.39, 0.29) is 35.3 Å². The third-order valence-corrected chi connectivity index (χ3v) is 10.1. The summed E-state index contributed by atoms with van der Waals surface area (Å²) in [6.45, 7) is 4.44. The van der Waals surface area contributed by atoms with Crippen LogP contribution < -0.4 is 10.6 Å². The maximum absolute atomic E-state index is 14.2. The van der Waals surface area contributed by atoms with Gasteiger partial charge in [-0.15, -0.1) is 0 Å². The largest absolute Gasteiger partial charge is 0.359 e. The number of amides is 3. The number of nitrogens with zero attached hydrogens (tertiary/aromatic N) is 1. The molecule has 3 heterocycles. The normalized spacial score (nSPS) is 33.6. The van der Waals surface area contributed by atoms with Crippen molar-refractivity contribution in [1.82, 2.24) is 10.2 Å². The number of ether oxygens (including phenoxy) is 1. The average Bonchev–Trinajstić information content (AvgIpc) is 3.58. The van der Waals surface area contributed by atoms with E-state index >= 15 is 0 Å². The van der Waals surface area contributed by atoms with Crippen molar-refractivity contribution in [2.75, 3.05) is 5.32 Å². The Kier molecular flexibility index (Phi) is 7.37. The van der Waals surface area contributed by atoms with Crippen molar-refractivity contribution in [3.8, 4) is 0 Å². The number of halogens is 3. The van der Waals surface area contributed by atoms with Crippen molar-refractivity contribution >= 4 is 46.6 Å². The molecule has 1 aliphatic carbocycles. The van der Waals surface area contributed by atoms with Gasteiger partial charge in [0.2, 0.25) is 17.7 Å². The topological polar surface area (TPSA) is 87.7 Å². The molecule has 2 N–H and O–H groups in total. The van der Waals surface area contributed by atoms with E-state index in [0.717, 1.165) is 25.3 Å². The molecular formula is C31H32Cl2FN3O4. The monoisotopic (exact) mass is 599 g/mol. The molecule has 2 bridgehead atoms. The number of hydrogen-bond acceptors (Lipinski definition) is 4. The summed E-state index contributed by atoms with van der Waals surface area (Å²) in [5.41, 5.74) is -0.314. The number of nitrogens with one attached hydrogen (secondary N) is 2. The number of fused-ring (bicyclic) bond motifs is 1. The fourth-order valence-corrected chi connectivity index (χ4v) is 7.47. The molecule has 3 amide bonds. The molecule has 10 heteroatoms. The Morgan fingerprint density at radius 1 is 1.10 bits per heavy atom. The Bertz CT molecular complexity index is 1440. The van der Waals surface area contributed by atoms with Crippen LogP contribution in [0.15, 0.2) is 54.6 Å². The van der Waals surface area contributed by atoms with Crippen LogP contribution >= 0.6 is 23.2 Å². The first kappa shape index (κ1) is 28.2. The number of rotatable bonds is 6. The van der Waals surface area contributed by atoms with Crippen molar-refractivity contribution in [1.29, 1.82) is 0 Å². The van der Waals surface area contributed by atoms with Gasteiger partial charge in [0.15, 0.2) is 0 Å². The van der Waals surface area contributed by atoms with Gasteiger partial charge in [-0.05, 0) is 48.1 Å². The second kappa shape index (κ2) is 10.7. The first-order valence-electron chi connectivity index (χ1n) is 14.1. The standard InChI is InChI=1S/C31H32Cl2FN3O4/c1-16-6-5-9-23(17(16)2)36-29(39)27-31-13-12-24(41-31)25(28(38)35-19-10-11-22(34)21(33)14-19)26(31)30(40)37(27)15-18-7-3-4-8-20(18)32/h3-4,7-8,10-14,16-17,23-27H,5-6,9,15H2,1-2H3,(H,35,38)(H,36,39)/t16-,17+,23+,24-,25+,26-,27+,31+/m1/s1. The lowest BCUT2D eigenvalue weighted by Gasteiger charge is -2.38. The van der Waals surface area contributed by atoms with Crippen LogP contribution in [0.25, 0.3) is 0 Å². The molecule has 1 spiro atoms. The molecule has 8 atom stereocenters. The minimum absolute atomic E-state index is 0.0242. The van der Waals surface area contributed by atoms with E-state index in [1.807, 2.05) is 12.1 Å². The lowest BCUT2D eigenvalue weighted by atomic mass is 9.73. The van der Waals surface area contributed by atoms with E-state index in [9.17, 15) is 18.8 Å². The molecule has 7 nitrogen and oxygen atoms in total. The van der Waals surface area contributed by atoms with Crippen LogP contribution in [0.2, 0.25) is 10.0 Å². The lowest BCUT2D eigenvalue weighted by Crippen LogP contribution is -2.57. The number of benzene rings is 2. The van der Waals surface area contributed by atoms with E-state index in [0.29, 0.717) is 22.2 Å². The predicted molar refractivity (Wildman–Crippen MR) is 154 cm³/mol. The van der Waals surface area contributed by atoms with Gasteiger partial charge in [-0.1, -0.05) is 80.2 Å². The minimum Gasteiger partial charge on any atom is -0.359 e. The zero-order valence-corrected chi connectivity index (χ0v) is 24.3. The van der Waals surface area contributed by atoms with E-state index in [1.54, 1.807) is 24.3 Å². The number of carbonyl (C=O) groups is 3. The zero-order chi connectivity index (χ0) is 29.1. The van der Waals surface area contributed by atoms with Crippen LogP contribution in [0.1, 0.15) is 38.7 Å². The average molecular weight is 601 g/mol.